The van der Waals surface area contributed by atoms with E-state index >= 15 is 0 Å². The minimum absolute atomic E-state index is 0.0378. The first-order valence-electron chi connectivity index (χ1n) is 7.82. The monoisotopic (exact) mass is 367 g/mol. The number of morpholine rings is 1. The summed E-state index contributed by atoms with van der Waals surface area (Å²) >= 11 is 3.39. The van der Waals surface area contributed by atoms with E-state index in [-0.39, 0.29) is 12.6 Å². The van der Waals surface area contributed by atoms with Crippen LogP contribution in [0.25, 0.3) is 9.88 Å². The lowest BCUT2D eigenvalue weighted by Gasteiger charge is -2.34. The van der Waals surface area contributed by atoms with E-state index in [2.05, 4.69) is 21.7 Å². The highest BCUT2D eigenvalue weighted by atomic mass is 32.1. The van der Waals surface area contributed by atoms with Crippen LogP contribution in [0.3, 0.4) is 0 Å². The molecule has 1 aliphatic heterocycles. The first-order chi connectivity index (χ1) is 11.6. The summed E-state index contributed by atoms with van der Waals surface area (Å²) in [5, 5.41) is 14.1. The maximum atomic E-state index is 10.8. The summed E-state index contributed by atoms with van der Waals surface area (Å²) in [6, 6.07) is 4.14. The number of nitrogens with zero attached hydrogens (tertiary/aromatic N) is 3. The Morgan fingerprint density at radius 1 is 1.54 bits per heavy atom. The van der Waals surface area contributed by atoms with Gasteiger partial charge in [-0.2, -0.15) is 0 Å². The van der Waals surface area contributed by atoms with Crippen molar-refractivity contribution in [2.24, 2.45) is 0 Å². The van der Waals surface area contributed by atoms with Gasteiger partial charge in [-0.15, -0.1) is 22.7 Å². The van der Waals surface area contributed by atoms with Crippen LogP contribution in [0.5, 0.6) is 0 Å². The average molecular weight is 367 g/mol. The van der Waals surface area contributed by atoms with E-state index in [1.165, 1.54) is 4.88 Å². The number of hydrogen-bond donors (Lipinski definition) is 1. The van der Waals surface area contributed by atoms with Crippen LogP contribution >= 0.6 is 22.7 Å². The van der Waals surface area contributed by atoms with Crippen LogP contribution in [0.1, 0.15) is 5.69 Å². The Kier molecular flexibility index (Phi) is 5.96. The number of thiophene rings is 1. The average Bonchev–Trinajstić information content (AvgIpc) is 3.17. The lowest BCUT2D eigenvalue weighted by Crippen LogP contribution is -2.47. The first-order valence-corrected chi connectivity index (χ1v) is 9.58. The molecular formula is C16H21N3O3S2. The maximum absolute atomic E-state index is 10.8. The predicted octanol–water partition coefficient (Wildman–Crippen LogP) is 2.09. The number of ether oxygens (including phenoxy) is 1. The van der Waals surface area contributed by atoms with Crippen LogP contribution in [0.15, 0.2) is 22.9 Å². The van der Waals surface area contributed by atoms with Crippen molar-refractivity contribution < 1.29 is 14.6 Å². The largest absolute Gasteiger partial charge is 0.480 e. The van der Waals surface area contributed by atoms with Gasteiger partial charge in [-0.05, 0) is 18.5 Å². The summed E-state index contributed by atoms with van der Waals surface area (Å²) in [6.07, 6.45) is 0.0403. The van der Waals surface area contributed by atoms with Gasteiger partial charge in [-0.25, -0.2) is 4.98 Å². The van der Waals surface area contributed by atoms with Crippen LogP contribution in [-0.4, -0.2) is 71.8 Å². The number of carboxylic acid groups (broad SMARTS) is 1. The van der Waals surface area contributed by atoms with Crippen LogP contribution in [0, 0.1) is 0 Å². The van der Waals surface area contributed by atoms with Crippen molar-refractivity contribution in [2.45, 2.75) is 12.6 Å². The molecular weight excluding hydrogens is 346 g/mol. The van der Waals surface area contributed by atoms with Gasteiger partial charge in [0.2, 0.25) is 0 Å². The van der Waals surface area contributed by atoms with Crippen molar-refractivity contribution in [3.63, 3.8) is 0 Å². The lowest BCUT2D eigenvalue weighted by molar-refractivity contribution is -0.138. The summed E-state index contributed by atoms with van der Waals surface area (Å²) in [5.41, 5.74) is 1.09. The van der Waals surface area contributed by atoms with E-state index in [0.717, 1.165) is 30.3 Å². The number of carbonyl (C=O) groups is 1. The van der Waals surface area contributed by atoms with Crippen molar-refractivity contribution in [2.75, 3.05) is 39.8 Å². The molecule has 1 unspecified atom stereocenters. The van der Waals surface area contributed by atoms with Crippen LogP contribution in [0.4, 0.5) is 0 Å². The normalized spacial score (nSPS) is 19.0. The van der Waals surface area contributed by atoms with Gasteiger partial charge in [0.05, 0.1) is 29.8 Å². The van der Waals surface area contributed by atoms with Gasteiger partial charge in [-0.1, -0.05) is 6.07 Å². The molecule has 2 aromatic heterocycles. The molecule has 1 fully saturated rings. The van der Waals surface area contributed by atoms with Gasteiger partial charge in [0, 0.05) is 31.6 Å². The second kappa shape index (κ2) is 8.17. The fraction of sp³-hybridized carbons (Fsp3) is 0.500. The summed E-state index contributed by atoms with van der Waals surface area (Å²) in [4.78, 5) is 20.8. The van der Waals surface area contributed by atoms with E-state index in [4.69, 9.17) is 14.8 Å². The quantitative estimate of drug-likeness (QED) is 0.808. The topological polar surface area (TPSA) is 65.9 Å². The Balaban J connectivity index is 1.53. The molecule has 6 nitrogen and oxygen atoms in total. The van der Waals surface area contributed by atoms with Gasteiger partial charge < -0.3 is 9.84 Å². The van der Waals surface area contributed by atoms with Crippen LogP contribution < -0.4 is 0 Å². The van der Waals surface area contributed by atoms with E-state index in [1.54, 1.807) is 27.6 Å². The minimum atomic E-state index is -0.811. The zero-order valence-corrected chi connectivity index (χ0v) is 15.2. The lowest BCUT2D eigenvalue weighted by atomic mass is 10.2. The first kappa shape index (κ1) is 17.5. The predicted molar refractivity (Wildman–Crippen MR) is 95.6 cm³/mol. The third kappa shape index (κ3) is 4.84. The molecule has 0 aromatic carbocycles. The van der Waals surface area contributed by atoms with Gasteiger partial charge in [0.1, 0.15) is 5.01 Å². The number of aliphatic carboxylic acids is 1. The Labute approximate surface area is 149 Å². The summed E-state index contributed by atoms with van der Waals surface area (Å²) in [6.45, 7) is 3.83. The Bertz CT molecular complexity index is 659. The minimum Gasteiger partial charge on any atom is -0.480 e. The molecule has 0 saturated carbocycles. The third-order valence-electron chi connectivity index (χ3n) is 3.81. The highest BCUT2D eigenvalue weighted by Gasteiger charge is 2.23. The van der Waals surface area contributed by atoms with E-state index < -0.39 is 5.97 Å². The Morgan fingerprint density at radius 3 is 3.17 bits per heavy atom. The molecule has 8 heteroatoms. The zero-order chi connectivity index (χ0) is 16.9. The second-order valence-electron chi connectivity index (χ2n) is 5.94. The molecule has 130 valence electrons. The van der Waals surface area contributed by atoms with E-state index in [1.807, 2.05) is 13.1 Å². The molecule has 1 saturated heterocycles. The van der Waals surface area contributed by atoms with Crippen LogP contribution in [0.2, 0.25) is 0 Å². The fourth-order valence-electron chi connectivity index (χ4n) is 2.80. The summed E-state index contributed by atoms with van der Waals surface area (Å²) < 4.78 is 5.77. The highest BCUT2D eigenvalue weighted by Crippen LogP contribution is 2.28. The van der Waals surface area contributed by atoms with Gasteiger partial charge in [-0.3, -0.25) is 14.6 Å². The molecule has 0 amide bonds. The molecule has 1 atom stereocenters. The summed E-state index contributed by atoms with van der Waals surface area (Å²) in [7, 11) is 1.81. The van der Waals surface area contributed by atoms with Crippen molar-refractivity contribution in [3.05, 3.63) is 28.6 Å². The number of carboxylic acids is 1. The third-order valence-corrected chi connectivity index (χ3v) is 5.74. The summed E-state index contributed by atoms with van der Waals surface area (Å²) in [5.74, 6) is -0.811. The molecule has 3 heterocycles. The molecule has 1 N–H and O–H groups in total. The standard InChI is InChI=1S/C16H21N3O3S2/c1-18(10-15(20)21)8-13-9-19(4-5-22-13)7-12-11-24-16(17-12)14-3-2-6-23-14/h2-3,6,11,13H,4-5,7-10H2,1H3,(H,20,21). The zero-order valence-electron chi connectivity index (χ0n) is 13.6. The van der Waals surface area contributed by atoms with Crippen molar-refractivity contribution >= 4 is 28.6 Å². The SMILES string of the molecule is CN(CC(=O)O)CC1CN(Cc2csc(-c3cccs3)n2)CCO1. The molecule has 24 heavy (non-hydrogen) atoms. The molecule has 0 radical (unpaired) electrons. The molecule has 0 spiro atoms. The Hall–Kier alpha value is -1.32. The van der Waals surface area contributed by atoms with Crippen molar-refractivity contribution in [3.8, 4) is 9.88 Å². The molecule has 0 bridgehead atoms. The smallest absolute Gasteiger partial charge is 0.317 e. The van der Waals surface area contributed by atoms with Gasteiger partial charge >= 0.3 is 5.97 Å². The number of likely N-dealkylation sites (N-methyl/N-ethyl adjacent to an activating group) is 1. The van der Waals surface area contributed by atoms with E-state index in [0.29, 0.717) is 13.2 Å². The number of rotatable bonds is 7. The highest BCUT2D eigenvalue weighted by molar-refractivity contribution is 7.20. The van der Waals surface area contributed by atoms with Crippen LogP contribution in [-0.2, 0) is 16.1 Å². The van der Waals surface area contributed by atoms with Gasteiger partial charge in [0.15, 0.2) is 0 Å². The van der Waals surface area contributed by atoms with Crippen molar-refractivity contribution in [1.29, 1.82) is 0 Å². The maximum Gasteiger partial charge on any atom is 0.317 e. The molecule has 2 aromatic rings. The molecule has 0 aliphatic carbocycles. The van der Waals surface area contributed by atoms with Crippen molar-refractivity contribution in [1.82, 2.24) is 14.8 Å². The molecule has 1 aliphatic rings. The molecule has 3 rings (SSSR count). The number of aromatic nitrogens is 1. The second-order valence-corrected chi connectivity index (χ2v) is 7.75. The number of thiazole rings is 1. The fourth-order valence-corrected chi connectivity index (χ4v) is 4.42. The van der Waals surface area contributed by atoms with Gasteiger partial charge in [0.25, 0.3) is 0 Å². The van der Waals surface area contributed by atoms with E-state index in [9.17, 15) is 4.79 Å². The Morgan fingerprint density at radius 2 is 2.42 bits per heavy atom. The number of hydrogen-bond acceptors (Lipinski definition) is 7.